The summed E-state index contributed by atoms with van der Waals surface area (Å²) < 4.78 is 25.9. The van der Waals surface area contributed by atoms with E-state index in [1.54, 1.807) is 0 Å². The van der Waals surface area contributed by atoms with Crippen LogP contribution in [0, 0.1) is 35.5 Å². The lowest BCUT2D eigenvalue weighted by molar-refractivity contribution is -0.137. The van der Waals surface area contributed by atoms with Gasteiger partial charge in [0, 0.05) is 11.2 Å². The van der Waals surface area contributed by atoms with E-state index in [-0.39, 0.29) is 11.2 Å². The standard InChI is InChI=1S/C20H30ClO3P/c21-25(22,23-19-7-13-1-14(8-19)3-15(2-13)9-19)24-20-10-16-4-17(11-20)6-18(5-16)12-20/h13-18H,1-12H2. The highest BCUT2D eigenvalue weighted by molar-refractivity contribution is 7.81. The summed E-state index contributed by atoms with van der Waals surface area (Å²) in [5.41, 5.74) is -0.483. The Bertz CT molecular complexity index is 512. The van der Waals surface area contributed by atoms with Gasteiger partial charge in [-0.05, 0) is 113 Å². The van der Waals surface area contributed by atoms with Crippen LogP contribution in [0.1, 0.15) is 77.0 Å². The molecule has 0 saturated heterocycles. The van der Waals surface area contributed by atoms with Crippen molar-refractivity contribution in [2.75, 3.05) is 0 Å². The Labute approximate surface area is 155 Å². The van der Waals surface area contributed by atoms with Gasteiger partial charge in [0.1, 0.15) is 0 Å². The second kappa shape index (κ2) is 5.28. The van der Waals surface area contributed by atoms with Gasteiger partial charge in [0.05, 0.1) is 11.2 Å². The second-order valence-electron chi connectivity index (χ2n) is 10.8. The molecule has 140 valence electrons. The number of hydrogen-bond donors (Lipinski definition) is 0. The molecule has 0 aromatic rings. The molecule has 0 unspecified atom stereocenters. The molecule has 8 bridgehead atoms. The fourth-order valence-electron chi connectivity index (χ4n) is 8.77. The van der Waals surface area contributed by atoms with E-state index in [1.165, 1.54) is 38.5 Å². The van der Waals surface area contributed by atoms with E-state index in [0.717, 1.165) is 74.0 Å². The van der Waals surface area contributed by atoms with Crippen LogP contribution in [-0.2, 0) is 13.6 Å². The molecule has 0 aliphatic heterocycles. The molecule has 0 amide bonds. The average molecular weight is 385 g/mol. The van der Waals surface area contributed by atoms with Crippen LogP contribution in [0.3, 0.4) is 0 Å². The van der Waals surface area contributed by atoms with Gasteiger partial charge < -0.3 is 0 Å². The average Bonchev–Trinajstić information content (AvgIpc) is 2.40. The molecule has 8 aliphatic carbocycles. The third kappa shape index (κ3) is 2.79. The van der Waals surface area contributed by atoms with Gasteiger partial charge in [-0.1, -0.05) is 0 Å². The molecule has 8 rings (SSSR count). The molecule has 25 heavy (non-hydrogen) atoms. The summed E-state index contributed by atoms with van der Waals surface area (Å²) in [4.78, 5) is 0. The highest BCUT2D eigenvalue weighted by Gasteiger charge is 2.58. The maximum Gasteiger partial charge on any atom is 0.425 e. The van der Waals surface area contributed by atoms with Crippen molar-refractivity contribution in [1.82, 2.24) is 0 Å². The summed E-state index contributed by atoms with van der Waals surface area (Å²) in [5.74, 6) is 4.60. The van der Waals surface area contributed by atoms with E-state index in [0.29, 0.717) is 0 Å². The zero-order valence-corrected chi connectivity index (χ0v) is 16.6. The Morgan fingerprint density at radius 1 is 0.600 bits per heavy atom. The fraction of sp³-hybridized carbons (Fsp3) is 1.00. The van der Waals surface area contributed by atoms with E-state index >= 15 is 0 Å². The molecular formula is C20H30ClO3P. The van der Waals surface area contributed by atoms with Gasteiger partial charge in [0.25, 0.3) is 0 Å². The van der Waals surface area contributed by atoms with Crippen molar-refractivity contribution in [1.29, 1.82) is 0 Å². The summed E-state index contributed by atoms with van der Waals surface area (Å²) in [5, 5.41) is 0. The highest BCUT2D eigenvalue weighted by Crippen LogP contribution is 2.69. The first-order valence-electron chi connectivity index (χ1n) is 10.6. The van der Waals surface area contributed by atoms with E-state index in [4.69, 9.17) is 20.3 Å². The minimum atomic E-state index is -3.52. The molecule has 3 nitrogen and oxygen atoms in total. The van der Waals surface area contributed by atoms with Crippen molar-refractivity contribution in [3.63, 3.8) is 0 Å². The predicted octanol–water partition coefficient (Wildman–Crippen LogP) is 6.30. The summed E-state index contributed by atoms with van der Waals surface area (Å²) in [6.45, 7) is -3.52. The third-order valence-corrected chi connectivity index (χ3v) is 10.2. The first-order chi connectivity index (χ1) is 11.9. The lowest BCUT2D eigenvalue weighted by atomic mass is 9.54. The third-order valence-electron chi connectivity index (χ3n) is 8.57. The van der Waals surface area contributed by atoms with Gasteiger partial charge in [-0.15, -0.1) is 0 Å². The van der Waals surface area contributed by atoms with E-state index in [9.17, 15) is 4.57 Å². The van der Waals surface area contributed by atoms with Crippen LogP contribution >= 0.6 is 18.2 Å². The quantitative estimate of drug-likeness (QED) is 0.533. The molecule has 0 radical (unpaired) electrons. The molecule has 0 aromatic heterocycles. The number of rotatable bonds is 4. The Balaban J connectivity index is 1.21. The van der Waals surface area contributed by atoms with Crippen LogP contribution in [-0.4, -0.2) is 11.2 Å². The van der Waals surface area contributed by atoms with Crippen LogP contribution in [0.5, 0.6) is 0 Å². The monoisotopic (exact) mass is 384 g/mol. The van der Waals surface area contributed by atoms with Gasteiger partial charge >= 0.3 is 6.95 Å². The molecule has 0 N–H and O–H groups in total. The Morgan fingerprint density at radius 2 is 0.840 bits per heavy atom. The first-order valence-corrected chi connectivity index (χ1v) is 13.0. The molecule has 0 aromatic carbocycles. The Kier molecular flexibility index (Phi) is 3.46. The fourth-order valence-corrected chi connectivity index (χ4v) is 11.1. The largest absolute Gasteiger partial charge is 0.425 e. The molecule has 0 atom stereocenters. The van der Waals surface area contributed by atoms with Gasteiger partial charge in [-0.3, -0.25) is 9.05 Å². The SMILES string of the molecule is O=P(Cl)(OC12CC3CC(CC(C3)C1)C2)OC12CC3CC(CC(C3)C1)C2. The minimum Gasteiger partial charge on any atom is -0.290 e. The summed E-state index contributed by atoms with van der Waals surface area (Å²) in [7, 11) is 0. The van der Waals surface area contributed by atoms with Crippen LogP contribution in [0.25, 0.3) is 0 Å². The van der Waals surface area contributed by atoms with E-state index in [1.807, 2.05) is 0 Å². The first kappa shape index (κ1) is 16.4. The Morgan fingerprint density at radius 3 is 1.08 bits per heavy atom. The topological polar surface area (TPSA) is 35.5 Å². The molecular weight excluding hydrogens is 355 g/mol. The van der Waals surface area contributed by atoms with Crippen LogP contribution in [0.15, 0.2) is 0 Å². The van der Waals surface area contributed by atoms with Gasteiger partial charge in [-0.2, -0.15) is 0 Å². The van der Waals surface area contributed by atoms with Crippen molar-refractivity contribution in [2.24, 2.45) is 35.5 Å². The van der Waals surface area contributed by atoms with Crippen molar-refractivity contribution in [2.45, 2.75) is 88.3 Å². The molecule has 8 aliphatic rings. The summed E-state index contributed by atoms with van der Waals surface area (Å²) in [6, 6.07) is 0. The normalized spacial score (nSPS) is 57.8. The molecule has 0 spiro atoms. The molecule has 8 fully saturated rings. The van der Waals surface area contributed by atoms with Crippen molar-refractivity contribution in [3.05, 3.63) is 0 Å². The van der Waals surface area contributed by atoms with E-state index < -0.39 is 6.95 Å². The van der Waals surface area contributed by atoms with Crippen molar-refractivity contribution in [3.8, 4) is 0 Å². The smallest absolute Gasteiger partial charge is 0.290 e. The lowest BCUT2D eigenvalue weighted by Gasteiger charge is -2.58. The second-order valence-corrected chi connectivity index (χ2v) is 13.3. The van der Waals surface area contributed by atoms with Crippen molar-refractivity contribution >= 4 is 18.2 Å². The highest BCUT2D eigenvalue weighted by atomic mass is 35.7. The summed E-state index contributed by atoms with van der Waals surface area (Å²) in [6.07, 6.45) is 14.4. The van der Waals surface area contributed by atoms with Crippen molar-refractivity contribution < 1.29 is 13.6 Å². The minimum absolute atomic E-state index is 0.242. The molecule has 8 saturated carbocycles. The van der Waals surface area contributed by atoms with Gasteiger partial charge in [-0.25, -0.2) is 4.57 Å². The number of hydrogen-bond acceptors (Lipinski definition) is 3. The zero-order valence-electron chi connectivity index (χ0n) is 15.0. The van der Waals surface area contributed by atoms with Crippen LogP contribution < -0.4 is 0 Å². The predicted molar refractivity (Wildman–Crippen MR) is 97.4 cm³/mol. The van der Waals surface area contributed by atoms with Gasteiger partial charge in [0.2, 0.25) is 0 Å². The lowest BCUT2D eigenvalue weighted by Crippen LogP contribution is -2.53. The summed E-state index contributed by atoms with van der Waals surface area (Å²) >= 11 is 6.52. The number of halogens is 1. The van der Waals surface area contributed by atoms with E-state index in [2.05, 4.69) is 0 Å². The molecule has 0 heterocycles. The maximum atomic E-state index is 13.3. The Hall–Kier alpha value is 0.440. The zero-order chi connectivity index (χ0) is 16.9. The van der Waals surface area contributed by atoms with Crippen LogP contribution in [0.4, 0.5) is 0 Å². The molecule has 5 heteroatoms. The van der Waals surface area contributed by atoms with Crippen LogP contribution in [0.2, 0.25) is 0 Å². The van der Waals surface area contributed by atoms with Gasteiger partial charge in [0.15, 0.2) is 0 Å². The maximum absolute atomic E-state index is 13.3.